The Bertz CT molecular complexity index is 1240. The Hall–Kier alpha value is -3.94. The summed E-state index contributed by atoms with van der Waals surface area (Å²) in [6, 6.07) is 11.6. The van der Waals surface area contributed by atoms with Gasteiger partial charge in [-0.15, -0.1) is 0 Å². The van der Waals surface area contributed by atoms with Crippen LogP contribution in [0.5, 0.6) is 11.5 Å². The van der Waals surface area contributed by atoms with Gasteiger partial charge in [-0.1, -0.05) is 12.1 Å². The first-order valence-corrected chi connectivity index (χ1v) is 11.6. The lowest BCUT2D eigenvalue weighted by atomic mass is 9.99. The van der Waals surface area contributed by atoms with Crippen LogP contribution in [-0.4, -0.2) is 68.8 Å². The summed E-state index contributed by atoms with van der Waals surface area (Å²) in [7, 11) is 3.24. The van der Waals surface area contributed by atoms with Crippen molar-refractivity contribution in [3.05, 3.63) is 54.3 Å². The van der Waals surface area contributed by atoms with Gasteiger partial charge in [0, 0.05) is 54.8 Å². The number of nitrogens with zero attached hydrogens (tertiary/aromatic N) is 2. The van der Waals surface area contributed by atoms with Gasteiger partial charge in [-0.25, -0.2) is 4.79 Å². The Morgan fingerprint density at radius 1 is 1.00 bits per heavy atom. The summed E-state index contributed by atoms with van der Waals surface area (Å²) < 4.78 is 21.7. The standard InChI is InChI=1S/C27H30N2O6/c1-5-34-27(31)29-12-10-28(11-13-29)26(30)14-18(2)21-15-22-23(17-35-25(22)16-24(21)33-4)19-6-8-20(32-3)9-7-19/h6-9,14-17H,5,10-13H2,1-4H3/b18-14+. The lowest BCUT2D eigenvalue weighted by Gasteiger charge is -2.33. The van der Waals surface area contributed by atoms with E-state index in [0.717, 1.165) is 33.4 Å². The van der Waals surface area contributed by atoms with Crippen LogP contribution in [0.15, 0.2) is 53.2 Å². The molecule has 1 aliphatic rings. The second-order valence-corrected chi connectivity index (χ2v) is 8.27. The number of furan rings is 1. The maximum absolute atomic E-state index is 13.0. The van der Waals surface area contributed by atoms with Gasteiger partial charge in [0.05, 0.1) is 27.1 Å². The highest BCUT2D eigenvalue weighted by atomic mass is 16.6. The van der Waals surface area contributed by atoms with Gasteiger partial charge in [-0.3, -0.25) is 4.79 Å². The van der Waals surface area contributed by atoms with Crippen LogP contribution in [0.1, 0.15) is 19.4 Å². The Morgan fingerprint density at radius 2 is 1.69 bits per heavy atom. The summed E-state index contributed by atoms with van der Waals surface area (Å²) in [5.74, 6) is 1.31. The molecule has 1 fully saturated rings. The molecule has 4 rings (SSSR count). The highest BCUT2D eigenvalue weighted by molar-refractivity contribution is 6.00. The number of benzene rings is 2. The van der Waals surface area contributed by atoms with E-state index in [1.54, 1.807) is 43.3 Å². The van der Waals surface area contributed by atoms with Crippen LogP contribution in [-0.2, 0) is 9.53 Å². The van der Waals surface area contributed by atoms with Gasteiger partial charge in [0.25, 0.3) is 0 Å². The van der Waals surface area contributed by atoms with Gasteiger partial charge >= 0.3 is 6.09 Å². The normalized spacial score (nSPS) is 14.2. The van der Waals surface area contributed by atoms with Crippen molar-refractivity contribution >= 4 is 28.5 Å². The Balaban J connectivity index is 1.58. The zero-order valence-corrected chi connectivity index (χ0v) is 20.5. The first-order chi connectivity index (χ1) is 16.9. The van der Waals surface area contributed by atoms with Crippen LogP contribution in [0.2, 0.25) is 0 Å². The molecule has 184 valence electrons. The van der Waals surface area contributed by atoms with E-state index in [1.807, 2.05) is 43.3 Å². The summed E-state index contributed by atoms with van der Waals surface area (Å²) in [5, 5.41) is 0.925. The average molecular weight is 479 g/mol. The smallest absolute Gasteiger partial charge is 0.409 e. The number of hydrogen-bond acceptors (Lipinski definition) is 6. The molecule has 0 spiro atoms. The van der Waals surface area contributed by atoms with E-state index < -0.39 is 0 Å². The fourth-order valence-electron chi connectivity index (χ4n) is 4.20. The molecule has 3 aromatic rings. The van der Waals surface area contributed by atoms with Crippen molar-refractivity contribution in [3.8, 4) is 22.6 Å². The topological polar surface area (TPSA) is 81.5 Å². The number of carbonyl (C=O) groups is 2. The fourth-order valence-corrected chi connectivity index (χ4v) is 4.20. The van der Waals surface area contributed by atoms with Crippen molar-refractivity contribution in [2.24, 2.45) is 0 Å². The SMILES string of the molecule is CCOC(=O)N1CCN(C(=O)/C=C(\C)c2cc3c(-c4ccc(OC)cc4)coc3cc2OC)CC1. The molecule has 2 amide bonds. The lowest BCUT2D eigenvalue weighted by molar-refractivity contribution is -0.127. The summed E-state index contributed by atoms with van der Waals surface area (Å²) in [6.07, 6.45) is 3.01. The molecule has 0 atom stereocenters. The van der Waals surface area contributed by atoms with Crippen molar-refractivity contribution < 1.29 is 28.2 Å². The third-order valence-corrected chi connectivity index (χ3v) is 6.18. The molecule has 1 saturated heterocycles. The average Bonchev–Trinajstić information content (AvgIpc) is 3.31. The van der Waals surface area contributed by atoms with Gasteiger partial charge < -0.3 is 28.4 Å². The van der Waals surface area contributed by atoms with E-state index >= 15 is 0 Å². The number of ether oxygens (including phenoxy) is 3. The monoisotopic (exact) mass is 478 g/mol. The van der Waals surface area contributed by atoms with E-state index in [0.29, 0.717) is 44.1 Å². The molecule has 0 bridgehead atoms. The van der Waals surface area contributed by atoms with Gasteiger partial charge in [0.15, 0.2) is 0 Å². The van der Waals surface area contributed by atoms with Crippen molar-refractivity contribution in [3.63, 3.8) is 0 Å². The first kappa shape index (κ1) is 24.2. The minimum atomic E-state index is -0.336. The van der Waals surface area contributed by atoms with Gasteiger partial charge in [0.1, 0.15) is 17.1 Å². The van der Waals surface area contributed by atoms with Crippen LogP contribution < -0.4 is 9.47 Å². The van der Waals surface area contributed by atoms with Crippen molar-refractivity contribution in [1.29, 1.82) is 0 Å². The third kappa shape index (κ3) is 5.11. The summed E-state index contributed by atoms with van der Waals surface area (Å²) in [5.41, 5.74) is 4.24. The molecule has 0 N–H and O–H groups in total. The molecular formula is C27H30N2O6. The highest BCUT2D eigenvalue weighted by Crippen LogP contribution is 2.37. The van der Waals surface area contributed by atoms with Crippen LogP contribution in [0.3, 0.4) is 0 Å². The van der Waals surface area contributed by atoms with Crippen molar-refractivity contribution in [1.82, 2.24) is 9.80 Å². The zero-order chi connectivity index (χ0) is 24.9. The maximum atomic E-state index is 13.0. The molecule has 0 saturated carbocycles. The molecule has 1 aliphatic heterocycles. The van der Waals surface area contributed by atoms with Gasteiger partial charge in [-0.05, 0) is 43.2 Å². The molecule has 2 aromatic carbocycles. The number of hydrogen-bond donors (Lipinski definition) is 0. The Kier molecular flexibility index (Phi) is 7.29. The van der Waals surface area contributed by atoms with Crippen molar-refractivity contribution in [2.45, 2.75) is 13.8 Å². The molecule has 1 aromatic heterocycles. The van der Waals surface area contributed by atoms with E-state index in [9.17, 15) is 9.59 Å². The Morgan fingerprint density at radius 3 is 2.31 bits per heavy atom. The first-order valence-electron chi connectivity index (χ1n) is 11.6. The number of rotatable bonds is 6. The fraction of sp³-hybridized carbons (Fsp3) is 0.333. The van der Waals surface area contributed by atoms with Gasteiger partial charge in [-0.2, -0.15) is 0 Å². The van der Waals surface area contributed by atoms with Crippen LogP contribution in [0.25, 0.3) is 27.7 Å². The third-order valence-electron chi connectivity index (χ3n) is 6.18. The van der Waals surface area contributed by atoms with Crippen LogP contribution in [0.4, 0.5) is 4.79 Å². The largest absolute Gasteiger partial charge is 0.497 e. The number of carbonyl (C=O) groups excluding carboxylic acids is 2. The number of methoxy groups -OCH3 is 2. The number of piperazine rings is 1. The van der Waals surface area contributed by atoms with E-state index in [-0.39, 0.29) is 12.0 Å². The molecule has 0 aliphatic carbocycles. The second-order valence-electron chi connectivity index (χ2n) is 8.27. The summed E-state index contributed by atoms with van der Waals surface area (Å²) in [6.45, 7) is 5.83. The summed E-state index contributed by atoms with van der Waals surface area (Å²) >= 11 is 0. The number of allylic oxidation sites excluding steroid dienone is 1. The van der Waals surface area contributed by atoms with Gasteiger partial charge in [0.2, 0.25) is 5.91 Å². The summed E-state index contributed by atoms with van der Waals surface area (Å²) in [4.78, 5) is 28.3. The predicted octanol–water partition coefficient (Wildman–Crippen LogP) is 4.82. The highest BCUT2D eigenvalue weighted by Gasteiger charge is 2.24. The van der Waals surface area contributed by atoms with E-state index in [1.165, 1.54) is 0 Å². The molecule has 0 unspecified atom stereocenters. The number of amides is 2. The minimum Gasteiger partial charge on any atom is -0.497 e. The molecule has 8 heteroatoms. The minimum absolute atomic E-state index is 0.101. The molecular weight excluding hydrogens is 448 g/mol. The molecule has 2 heterocycles. The maximum Gasteiger partial charge on any atom is 0.409 e. The second kappa shape index (κ2) is 10.5. The molecule has 0 radical (unpaired) electrons. The Labute approximate surface area is 204 Å². The van der Waals surface area contributed by atoms with E-state index in [2.05, 4.69) is 0 Å². The lowest BCUT2D eigenvalue weighted by Crippen LogP contribution is -2.50. The quantitative estimate of drug-likeness (QED) is 0.473. The van der Waals surface area contributed by atoms with Crippen LogP contribution in [0, 0.1) is 0 Å². The molecule has 35 heavy (non-hydrogen) atoms. The zero-order valence-electron chi connectivity index (χ0n) is 20.5. The van der Waals surface area contributed by atoms with Crippen molar-refractivity contribution in [2.75, 3.05) is 47.0 Å². The predicted molar refractivity (Wildman–Crippen MR) is 134 cm³/mol. The van der Waals surface area contributed by atoms with E-state index in [4.69, 9.17) is 18.6 Å². The van der Waals surface area contributed by atoms with Crippen LogP contribution >= 0.6 is 0 Å². The molecule has 8 nitrogen and oxygen atoms in total. The number of fused-ring (bicyclic) bond motifs is 1.